The lowest BCUT2D eigenvalue weighted by Crippen LogP contribution is -2.23. The van der Waals surface area contributed by atoms with Crippen molar-refractivity contribution in [3.8, 4) is 0 Å². The van der Waals surface area contributed by atoms with Crippen molar-refractivity contribution in [1.82, 2.24) is 10.2 Å². The van der Waals surface area contributed by atoms with Gasteiger partial charge in [0.2, 0.25) is 0 Å². The molecule has 1 aliphatic heterocycles. The number of rotatable bonds is 5. The maximum Gasteiger partial charge on any atom is 0.127 e. The number of hydrogen-bond donors (Lipinski definition) is 1. The van der Waals surface area contributed by atoms with Crippen LogP contribution < -0.4 is 5.32 Å². The van der Waals surface area contributed by atoms with Crippen molar-refractivity contribution >= 4 is 0 Å². The predicted octanol–water partition coefficient (Wildman–Crippen LogP) is 3.17. The molecule has 0 aliphatic carbocycles. The third-order valence-electron chi connectivity index (χ3n) is 3.84. The van der Waals surface area contributed by atoms with Gasteiger partial charge in [0.05, 0.1) is 0 Å². The third-order valence-corrected chi connectivity index (χ3v) is 3.84. The minimum Gasteiger partial charge on any atom is -0.313 e. The van der Waals surface area contributed by atoms with Crippen LogP contribution in [0.15, 0.2) is 18.2 Å². The van der Waals surface area contributed by atoms with Crippen LogP contribution in [0.25, 0.3) is 0 Å². The van der Waals surface area contributed by atoms with Crippen LogP contribution in [0, 0.1) is 11.2 Å². The molecule has 0 radical (unpaired) electrons. The van der Waals surface area contributed by atoms with Crippen LogP contribution in [0.4, 0.5) is 4.39 Å². The number of likely N-dealkylation sites (tertiary alicyclic amines) is 1. The summed E-state index contributed by atoms with van der Waals surface area (Å²) >= 11 is 0. The zero-order valence-corrected chi connectivity index (χ0v) is 12.3. The van der Waals surface area contributed by atoms with Crippen LogP contribution in [0.1, 0.15) is 38.3 Å². The predicted molar refractivity (Wildman–Crippen MR) is 77.5 cm³/mol. The van der Waals surface area contributed by atoms with Gasteiger partial charge in [-0.25, -0.2) is 4.39 Å². The van der Waals surface area contributed by atoms with Crippen LogP contribution >= 0.6 is 0 Å². The molecule has 1 N–H and O–H groups in total. The first-order valence-electron chi connectivity index (χ1n) is 7.20. The second-order valence-corrected chi connectivity index (χ2v) is 6.33. The molecule has 1 saturated heterocycles. The fourth-order valence-electron chi connectivity index (χ4n) is 2.73. The van der Waals surface area contributed by atoms with Crippen molar-refractivity contribution in [1.29, 1.82) is 0 Å². The number of halogens is 1. The van der Waals surface area contributed by atoms with Crippen molar-refractivity contribution in [2.45, 2.75) is 40.3 Å². The van der Waals surface area contributed by atoms with E-state index >= 15 is 0 Å². The lowest BCUT2D eigenvalue weighted by Gasteiger charge is -2.20. The summed E-state index contributed by atoms with van der Waals surface area (Å²) in [6, 6.07) is 5.47. The SMILES string of the molecule is CCNCc1ccc(F)c(CN2CCC(C)(C)C2)c1. The molecule has 19 heavy (non-hydrogen) atoms. The van der Waals surface area contributed by atoms with E-state index in [4.69, 9.17) is 0 Å². The summed E-state index contributed by atoms with van der Waals surface area (Å²) in [6.07, 6.45) is 1.20. The number of benzene rings is 1. The largest absolute Gasteiger partial charge is 0.313 e. The highest BCUT2D eigenvalue weighted by Crippen LogP contribution is 2.30. The van der Waals surface area contributed by atoms with E-state index in [0.717, 1.165) is 43.9 Å². The average molecular weight is 264 g/mol. The van der Waals surface area contributed by atoms with Crippen molar-refractivity contribution < 1.29 is 4.39 Å². The van der Waals surface area contributed by atoms with Crippen molar-refractivity contribution in [2.24, 2.45) is 5.41 Å². The summed E-state index contributed by atoms with van der Waals surface area (Å²) in [5.41, 5.74) is 2.36. The second-order valence-electron chi connectivity index (χ2n) is 6.33. The molecule has 0 saturated carbocycles. The van der Waals surface area contributed by atoms with Gasteiger partial charge in [-0.3, -0.25) is 4.90 Å². The highest BCUT2D eigenvalue weighted by molar-refractivity contribution is 5.25. The molecular formula is C16H25FN2. The van der Waals surface area contributed by atoms with E-state index in [1.807, 2.05) is 12.1 Å². The number of nitrogens with zero attached hydrogens (tertiary/aromatic N) is 1. The summed E-state index contributed by atoms with van der Waals surface area (Å²) in [4.78, 5) is 2.36. The molecule has 1 heterocycles. The molecule has 0 amide bonds. The Bertz CT molecular complexity index is 429. The minimum atomic E-state index is -0.0787. The first-order chi connectivity index (χ1) is 9.00. The van der Waals surface area contributed by atoms with Gasteiger partial charge in [-0.1, -0.05) is 32.9 Å². The number of hydrogen-bond acceptors (Lipinski definition) is 2. The van der Waals surface area contributed by atoms with E-state index in [0.29, 0.717) is 5.41 Å². The molecule has 0 spiro atoms. The van der Waals surface area contributed by atoms with Gasteiger partial charge < -0.3 is 5.32 Å². The summed E-state index contributed by atoms with van der Waals surface area (Å²) in [5.74, 6) is -0.0787. The summed E-state index contributed by atoms with van der Waals surface area (Å²) in [6.45, 7) is 11.3. The Morgan fingerprint density at radius 3 is 2.79 bits per heavy atom. The van der Waals surface area contributed by atoms with Gasteiger partial charge in [-0.15, -0.1) is 0 Å². The molecule has 3 heteroatoms. The Kier molecular flexibility index (Phi) is 4.58. The van der Waals surface area contributed by atoms with Crippen LogP contribution in [0.3, 0.4) is 0 Å². The van der Waals surface area contributed by atoms with Gasteiger partial charge in [0, 0.05) is 25.2 Å². The van der Waals surface area contributed by atoms with Crippen molar-refractivity contribution in [3.05, 3.63) is 35.1 Å². The first-order valence-corrected chi connectivity index (χ1v) is 7.20. The van der Waals surface area contributed by atoms with Gasteiger partial charge in [0.15, 0.2) is 0 Å². The van der Waals surface area contributed by atoms with Crippen LogP contribution in [0.5, 0.6) is 0 Å². The van der Waals surface area contributed by atoms with E-state index in [1.165, 1.54) is 6.42 Å². The van der Waals surface area contributed by atoms with E-state index in [-0.39, 0.29) is 5.82 Å². The van der Waals surface area contributed by atoms with E-state index in [1.54, 1.807) is 6.07 Å². The Hall–Kier alpha value is -0.930. The standard InChI is InChI=1S/C16H25FN2/c1-4-18-10-13-5-6-15(17)14(9-13)11-19-8-7-16(2,3)12-19/h5-6,9,18H,4,7-8,10-12H2,1-3H3. The second kappa shape index (κ2) is 6.02. The molecule has 2 nitrogen and oxygen atoms in total. The molecule has 0 bridgehead atoms. The van der Waals surface area contributed by atoms with Crippen LogP contribution in [0.2, 0.25) is 0 Å². The molecule has 0 atom stereocenters. The zero-order valence-electron chi connectivity index (χ0n) is 12.3. The van der Waals surface area contributed by atoms with E-state index < -0.39 is 0 Å². The molecule has 106 valence electrons. The summed E-state index contributed by atoms with van der Waals surface area (Å²) in [7, 11) is 0. The normalized spacial score (nSPS) is 18.9. The summed E-state index contributed by atoms with van der Waals surface area (Å²) < 4.78 is 13.9. The Balaban J connectivity index is 2.03. The minimum absolute atomic E-state index is 0.0787. The van der Waals surface area contributed by atoms with Crippen molar-refractivity contribution in [3.63, 3.8) is 0 Å². The molecule has 1 aromatic rings. The molecule has 1 fully saturated rings. The maximum absolute atomic E-state index is 13.9. The van der Waals surface area contributed by atoms with Gasteiger partial charge >= 0.3 is 0 Å². The average Bonchev–Trinajstić information content (AvgIpc) is 2.70. The van der Waals surface area contributed by atoms with Gasteiger partial charge in [0.25, 0.3) is 0 Å². The van der Waals surface area contributed by atoms with Gasteiger partial charge in [-0.2, -0.15) is 0 Å². The topological polar surface area (TPSA) is 15.3 Å². The van der Waals surface area contributed by atoms with E-state index in [2.05, 4.69) is 31.0 Å². The van der Waals surface area contributed by atoms with Crippen LogP contribution in [-0.2, 0) is 13.1 Å². The first kappa shape index (κ1) is 14.5. The smallest absolute Gasteiger partial charge is 0.127 e. The fraction of sp³-hybridized carbons (Fsp3) is 0.625. The van der Waals surface area contributed by atoms with Crippen molar-refractivity contribution in [2.75, 3.05) is 19.6 Å². The fourth-order valence-corrected chi connectivity index (χ4v) is 2.73. The molecule has 0 unspecified atom stereocenters. The van der Waals surface area contributed by atoms with Gasteiger partial charge in [-0.05, 0) is 36.6 Å². The molecule has 0 aromatic heterocycles. The highest BCUT2D eigenvalue weighted by Gasteiger charge is 2.29. The Morgan fingerprint density at radius 1 is 1.37 bits per heavy atom. The monoisotopic (exact) mass is 264 g/mol. The Labute approximate surface area is 116 Å². The number of nitrogens with one attached hydrogen (secondary N) is 1. The third kappa shape index (κ3) is 4.02. The highest BCUT2D eigenvalue weighted by atomic mass is 19.1. The lowest BCUT2D eigenvalue weighted by molar-refractivity contribution is 0.281. The lowest BCUT2D eigenvalue weighted by atomic mass is 9.93. The van der Waals surface area contributed by atoms with E-state index in [9.17, 15) is 4.39 Å². The molecular weight excluding hydrogens is 239 g/mol. The quantitative estimate of drug-likeness (QED) is 0.879. The van der Waals surface area contributed by atoms with Crippen LogP contribution in [-0.4, -0.2) is 24.5 Å². The molecule has 2 rings (SSSR count). The Morgan fingerprint density at radius 2 is 2.16 bits per heavy atom. The molecule has 1 aliphatic rings. The molecule has 1 aromatic carbocycles. The van der Waals surface area contributed by atoms with Gasteiger partial charge in [0.1, 0.15) is 5.82 Å². The zero-order chi connectivity index (χ0) is 13.9. The maximum atomic E-state index is 13.9. The summed E-state index contributed by atoms with van der Waals surface area (Å²) in [5, 5.41) is 3.28.